The van der Waals surface area contributed by atoms with Gasteiger partial charge in [-0.3, -0.25) is 4.79 Å². The topological polar surface area (TPSA) is 140 Å². The summed E-state index contributed by atoms with van der Waals surface area (Å²) in [6.07, 6.45) is 0.976. The van der Waals surface area contributed by atoms with Gasteiger partial charge in [-0.1, -0.05) is 15.9 Å². The van der Waals surface area contributed by atoms with E-state index in [2.05, 4.69) is 47.8 Å². The summed E-state index contributed by atoms with van der Waals surface area (Å²) in [6, 6.07) is 14.4. The number of anilines is 4. The van der Waals surface area contributed by atoms with Crippen LogP contribution in [0.15, 0.2) is 45.7 Å². The van der Waals surface area contributed by atoms with Gasteiger partial charge in [-0.05, 0) is 48.4 Å². The first kappa shape index (κ1) is 20.8. The number of hydrogen-bond donors (Lipinski definition) is 3. The summed E-state index contributed by atoms with van der Waals surface area (Å²) in [4.78, 5) is 16.3. The molecule has 0 unspecified atom stereocenters. The lowest BCUT2D eigenvalue weighted by Crippen LogP contribution is -2.17. The highest BCUT2D eigenvalue weighted by Gasteiger charge is 2.12. The van der Waals surface area contributed by atoms with Crippen LogP contribution < -0.4 is 20.9 Å². The van der Waals surface area contributed by atoms with Gasteiger partial charge < -0.3 is 15.4 Å². The zero-order chi connectivity index (χ0) is 21.5. The van der Waals surface area contributed by atoms with Gasteiger partial charge in [-0.25, -0.2) is 5.10 Å². The smallest absolute Gasteiger partial charge is 0.307 e. The van der Waals surface area contributed by atoms with Crippen LogP contribution in [0.25, 0.3) is 0 Å². The first-order valence-electron chi connectivity index (χ1n) is 8.78. The fraction of sp³-hybridized carbons (Fsp3) is 0.150. The second-order valence-electron chi connectivity index (χ2n) is 6.08. The molecule has 3 rings (SSSR count). The summed E-state index contributed by atoms with van der Waals surface area (Å²) >= 11 is 3.50. The highest BCUT2D eigenvalue weighted by molar-refractivity contribution is 9.10. The SMILES string of the molecule is COc1cc(CCC#N)c(Br)cc1Nc1n[nH]c(=O)c(Nc2ccc(C#N)cc2)n1. The van der Waals surface area contributed by atoms with Crippen LogP contribution >= 0.6 is 15.9 Å². The summed E-state index contributed by atoms with van der Waals surface area (Å²) in [6.45, 7) is 0. The molecule has 0 atom stereocenters. The molecule has 0 saturated heterocycles. The highest BCUT2D eigenvalue weighted by atomic mass is 79.9. The second kappa shape index (κ2) is 9.54. The highest BCUT2D eigenvalue weighted by Crippen LogP contribution is 2.33. The maximum absolute atomic E-state index is 12.1. The minimum absolute atomic E-state index is 0.0425. The summed E-state index contributed by atoms with van der Waals surface area (Å²) in [5.41, 5.74) is 2.14. The predicted octanol–water partition coefficient (Wildman–Crippen LogP) is 3.75. The van der Waals surface area contributed by atoms with Crippen molar-refractivity contribution in [3.8, 4) is 17.9 Å². The normalized spacial score (nSPS) is 10.0. The van der Waals surface area contributed by atoms with E-state index in [-0.39, 0.29) is 11.8 Å². The van der Waals surface area contributed by atoms with Gasteiger partial charge in [0.2, 0.25) is 11.8 Å². The molecule has 3 aromatic rings. The molecule has 0 aliphatic carbocycles. The second-order valence-corrected chi connectivity index (χ2v) is 6.93. The number of aromatic amines is 1. The molecule has 0 radical (unpaired) electrons. The zero-order valence-corrected chi connectivity index (χ0v) is 17.4. The number of methoxy groups -OCH3 is 1. The Bertz CT molecular complexity index is 1190. The van der Waals surface area contributed by atoms with Crippen molar-refractivity contribution in [3.63, 3.8) is 0 Å². The van der Waals surface area contributed by atoms with Gasteiger partial charge in [0.1, 0.15) is 5.75 Å². The van der Waals surface area contributed by atoms with Crippen LogP contribution in [-0.2, 0) is 6.42 Å². The van der Waals surface area contributed by atoms with E-state index >= 15 is 0 Å². The molecule has 0 aliphatic heterocycles. The van der Waals surface area contributed by atoms with Crippen molar-refractivity contribution in [2.75, 3.05) is 17.7 Å². The molecule has 2 aromatic carbocycles. The standard InChI is InChI=1S/C20H16BrN7O2/c1-30-17-9-13(3-2-8-22)15(21)10-16(17)25-20-26-18(19(29)27-28-20)24-14-6-4-12(11-23)5-7-14/h4-7,9-10H,2-3H2,1H3,(H,27,29)(H2,24,25,26,28). The average molecular weight is 466 g/mol. The molecule has 0 spiro atoms. The summed E-state index contributed by atoms with van der Waals surface area (Å²) in [7, 11) is 1.54. The van der Waals surface area contributed by atoms with Crippen molar-refractivity contribution < 1.29 is 4.74 Å². The number of nitrogens with one attached hydrogen (secondary N) is 3. The van der Waals surface area contributed by atoms with Crippen molar-refractivity contribution in [1.29, 1.82) is 10.5 Å². The molecule has 30 heavy (non-hydrogen) atoms. The fourth-order valence-corrected chi connectivity index (χ4v) is 3.15. The number of nitriles is 2. The average Bonchev–Trinajstić information content (AvgIpc) is 2.76. The van der Waals surface area contributed by atoms with E-state index in [1.54, 1.807) is 30.3 Å². The number of rotatable bonds is 7. The fourth-order valence-electron chi connectivity index (χ4n) is 2.61. The molecule has 0 fully saturated rings. The van der Waals surface area contributed by atoms with Crippen molar-refractivity contribution in [2.45, 2.75) is 12.8 Å². The summed E-state index contributed by atoms with van der Waals surface area (Å²) < 4.78 is 6.24. The molecule has 10 heteroatoms. The Morgan fingerprint density at radius 3 is 2.63 bits per heavy atom. The minimum Gasteiger partial charge on any atom is -0.495 e. The van der Waals surface area contributed by atoms with E-state index in [1.807, 2.05) is 12.1 Å². The quantitative estimate of drug-likeness (QED) is 0.479. The molecule has 1 aromatic heterocycles. The molecule has 0 bridgehead atoms. The van der Waals surface area contributed by atoms with E-state index in [9.17, 15) is 4.79 Å². The van der Waals surface area contributed by atoms with Crippen LogP contribution in [0.5, 0.6) is 5.75 Å². The maximum Gasteiger partial charge on any atom is 0.307 e. The third-order valence-corrected chi connectivity index (χ3v) is 4.83. The minimum atomic E-state index is -0.495. The summed E-state index contributed by atoms with van der Waals surface area (Å²) in [5.74, 6) is 0.740. The maximum atomic E-state index is 12.1. The Hall–Kier alpha value is -3.89. The van der Waals surface area contributed by atoms with Crippen LogP contribution in [0.1, 0.15) is 17.5 Å². The van der Waals surface area contributed by atoms with E-state index in [0.29, 0.717) is 35.5 Å². The molecule has 0 saturated carbocycles. The molecule has 9 nitrogen and oxygen atoms in total. The van der Waals surface area contributed by atoms with Crippen LogP contribution in [-0.4, -0.2) is 22.3 Å². The van der Waals surface area contributed by atoms with Crippen LogP contribution in [0.3, 0.4) is 0 Å². The molecule has 0 amide bonds. The van der Waals surface area contributed by atoms with E-state index < -0.39 is 5.56 Å². The Labute approximate surface area is 180 Å². The first-order valence-corrected chi connectivity index (χ1v) is 9.57. The van der Waals surface area contributed by atoms with E-state index in [1.165, 1.54) is 7.11 Å². The third-order valence-electron chi connectivity index (χ3n) is 4.09. The van der Waals surface area contributed by atoms with Crippen LogP contribution in [0.4, 0.5) is 23.1 Å². The number of aryl methyl sites for hydroxylation is 1. The largest absolute Gasteiger partial charge is 0.495 e. The number of aromatic nitrogens is 3. The lowest BCUT2D eigenvalue weighted by atomic mass is 10.1. The van der Waals surface area contributed by atoms with Gasteiger partial charge >= 0.3 is 5.56 Å². The van der Waals surface area contributed by atoms with Gasteiger partial charge in [0, 0.05) is 16.6 Å². The number of nitrogens with zero attached hydrogens (tertiary/aromatic N) is 4. The van der Waals surface area contributed by atoms with E-state index in [4.69, 9.17) is 15.3 Å². The molecule has 150 valence electrons. The molecular weight excluding hydrogens is 450 g/mol. The number of ether oxygens (including phenoxy) is 1. The Kier molecular flexibility index (Phi) is 6.63. The van der Waals surface area contributed by atoms with E-state index in [0.717, 1.165) is 10.0 Å². The lowest BCUT2D eigenvalue weighted by Gasteiger charge is -2.13. The monoisotopic (exact) mass is 465 g/mol. The molecule has 3 N–H and O–H groups in total. The van der Waals surface area contributed by atoms with Gasteiger partial charge in [0.25, 0.3) is 0 Å². The zero-order valence-electron chi connectivity index (χ0n) is 15.9. The lowest BCUT2D eigenvalue weighted by molar-refractivity contribution is 0.416. The Morgan fingerprint density at radius 2 is 1.97 bits per heavy atom. The molecular formula is C20H16BrN7O2. The Balaban J connectivity index is 1.86. The van der Waals surface area contributed by atoms with Gasteiger partial charge in [-0.15, -0.1) is 5.10 Å². The van der Waals surface area contributed by atoms with Crippen LogP contribution in [0, 0.1) is 22.7 Å². The number of H-pyrrole nitrogens is 1. The molecule has 1 heterocycles. The summed E-state index contributed by atoms with van der Waals surface area (Å²) in [5, 5.41) is 29.9. The van der Waals surface area contributed by atoms with Crippen LogP contribution in [0.2, 0.25) is 0 Å². The molecule has 0 aliphatic rings. The van der Waals surface area contributed by atoms with Gasteiger partial charge in [-0.2, -0.15) is 15.5 Å². The first-order chi connectivity index (χ1) is 14.5. The number of benzene rings is 2. The number of hydrogen-bond acceptors (Lipinski definition) is 8. The van der Waals surface area contributed by atoms with Crippen molar-refractivity contribution in [2.24, 2.45) is 0 Å². The van der Waals surface area contributed by atoms with Crippen molar-refractivity contribution >= 4 is 39.1 Å². The van der Waals surface area contributed by atoms with Crippen molar-refractivity contribution in [1.82, 2.24) is 15.2 Å². The third kappa shape index (κ3) is 4.93. The van der Waals surface area contributed by atoms with Gasteiger partial charge in [0.05, 0.1) is 30.5 Å². The Morgan fingerprint density at radius 1 is 1.20 bits per heavy atom. The predicted molar refractivity (Wildman–Crippen MR) is 115 cm³/mol. The van der Waals surface area contributed by atoms with Crippen molar-refractivity contribution in [3.05, 3.63) is 62.4 Å². The van der Waals surface area contributed by atoms with Gasteiger partial charge in [0.15, 0.2) is 0 Å². The number of halogens is 1.